The van der Waals surface area contributed by atoms with Crippen LogP contribution in [-0.2, 0) is 0 Å². The summed E-state index contributed by atoms with van der Waals surface area (Å²) < 4.78 is 0. The van der Waals surface area contributed by atoms with Crippen LogP contribution >= 0.6 is 0 Å². The zero-order valence-electron chi connectivity index (χ0n) is 4.52. The highest BCUT2D eigenvalue weighted by Crippen LogP contribution is 2.01. The van der Waals surface area contributed by atoms with Gasteiger partial charge in [0, 0.05) is 6.42 Å². The van der Waals surface area contributed by atoms with Gasteiger partial charge in [0.2, 0.25) is 6.29 Å². The summed E-state index contributed by atoms with van der Waals surface area (Å²) in [5.74, 6) is 0. The Hall–Kier alpha value is -0.0800. The van der Waals surface area contributed by atoms with Gasteiger partial charge in [-0.2, -0.15) is 0 Å². The zero-order valence-corrected chi connectivity index (χ0v) is 4.52. The van der Waals surface area contributed by atoms with Crippen LogP contribution in [0.15, 0.2) is 0 Å². The van der Waals surface area contributed by atoms with Crippen LogP contribution in [0.5, 0.6) is 0 Å². The first-order chi connectivity index (χ1) is 3.27. The third kappa shape index (κ3) is 5.92. The minimum absolute atomic E-state index is 0.427. The molecule has 0 amide bonds. The Morgan fingerprint density at radius 2 is 2.00 bits per heavy atom. The normalized spacial score (nSPS) is 10.3. The van der Waals surface area contributed by atoms with E-state index in [9.17, 15) is 0 Å². The molecule has 0 saturated carbocycles. The summed E-state index contributed by atoms with van der Waals surface area (Å²) in [4.78, 5) is 0. The summed E-state index contributed by atoms with van der Waals surface area (Å²) >= 11 is 0. The molecule has 43 valence electrons. The van der Waals surface area contributed by atoms with E-state index in [0.717, 1.165) is 12.8 Å². The predicted molar refractivity (Wildman–Crippen MR) is 26.6 cm³/mol. The van der Waals surface area contributed by atoms with Crippen LogP contribution in [-0.4, -0.2) is 10.2 Å². The molecule has 0 rings (SSSR count). The molecule has 1 radical (unpaired) electrons. The number of aliphatic hydroxyl groups excluding tert-OH is 1. The summed E-state index contributed by atoms with van der Waals surface area (Å²) in [6.45, 7) is 2.00. The van der Waals surface area contributed by atoms with E-state index in [2.05, 4.69) is 0 Å². The monoisotopic (exact) mass is 103 g/mol. The van der Waals surface area contributed by atoms with E-state index in [1.54, 1.807) is 0 Å². The molecule has 0 aromatic rings. The number of unbranched alkanes of at least 4 members (excludes halogenated alkanes) is 1. The van der Waals surface area contributed by atoms with Gasteiger partial charge in [-0.05, 0) is 6.42 Å². The fourth-order valence-corrected chi connectivity index (χ4v) is 0.335. The first-order valence-corrected chi connectivity index (χ1v) is 2.51. The first kappa shape index (κ1) is 6.92. The molecule has 0 fully saturated rings. The molecule has 7 heavy (non-hydrogen) atoms. The Morgan fingerprint density at radius 1 is 1.43 bits per heavy atom. The van der Waals surface area contributed by atoms with Crippen molar-refractivity contribution in [2.75, 3.05) is 0 Å². The highest BCUT2D eigenvalue weighted by Gasteiger charge is 1.94. The molecular weight excluding hydrogens is 92.1 g/mol. The molecule has 2 heteroatoms. The van der Waals surface area contributed by atoms with Gasteiger partial charge >= 0.3 is 0 Å². The van der Waals surface area contributed by atoms with E-state index in [-0.39, 0.29) is 0 Å². The Morgan fingerprint density at radius 3 is 2.14 bits per heavy atom. The van der Waals surface area contributed by atoms with Gasteiger partial charge in [-0.3, -0.25) is 0 Å². The van der Waals surface area contributed by atoms with E-state index in [1.165, 1.54) is 0 Å². The highest BCUT2D eigenvalue weighted by atomic mass is 16.5. The number of hydrogen-bond acceptors (Lipinski definition) is 2. The third-order valence-electron chi connectivity index (χ3n) is 0.754. The van der Waals surface area contributed by atoms with Crippen LogP contribution in [0.2, 0.25) is 0 Å². The minimum atomic E-state index is -0.443. The second-order valence-electron chi connectivity index (χ2n) is 1.52. The van der Waals surface area contributed by atoms with Gasteiger partial charge in [0.15, 0.2) is 0 Å². The molecule has 0 aromatic heterocycles. The number of rotatable bonds is 3. The van der Waals surface area contributed by atoms with E-state index in [4.69, 9.17) is 10.2 Å². The summed E-state index contributed by atoms with van der Waals surface area (Å²) in [5, 5.41) is 16.3. The Labute approximate surface area is 43.8 Å². The zero-order chi connectivity index (χ0) is 5.70. The summed E-state index contributed by atoms with van der Waals surface area (Å²) in [6, 6.07) is 0. The largest absolute Gasteiger partial charge is 0.361 e. The van der Waals surface area contributed by atoms with E-state index < -0.39 is 6.29 Å². The molecule has 0 atom stereocenters. The maximum atomic E-state index is 8.16. The molecule has 0 unspecified atom stereocenters. The summed E-state index contributed by atoms with van der Waals surface area (Å²) in [7, 11) is 0. The van der Waals surface area contributed by atoms with Crippen molar-refractivity contribution in [1.82, 2.24) is 0 Å². The number of hydrogen-bond donors (Lipinski definition) is 2. The lowest BCUT2D eigenvalue weighted by Gasteiger charge is -1.95. The third-order valence-corrected chi connectivity index (χ3v) is 0.754. The van der Waals surface area contributed by atoms with Gasteiger partial charge in [0.25, 0.3) is 0 Å². The molecule has 0 heterocycles. The van der Waals surface area contributed by atoms with Crippen LogP contribution in [0.1, 0.15) is 26.2 Å². The first-order valence-electron chi connectivity index (χ1n) is 2.51. The Balaban J connectivity index is 2.68. The second kappa shape index (κ2) is 4.09. The van der Waals surface area contributed by atoms with E-state index in [0.29, 0.717) is 6.42 Å². The molecule has 0 bridgehead atoms. The van der Waals surface area contributed by atoms with Crippen LogP contribution < -0.4 is 0 Å². The van der Waals surface area contributed by atoms with Crippen molar-refractivity contribution >= 4 is 0 Å². The minimum Gasteiger partial charge on any atom is -0.361 e. The highest BCUT2D eigenvalue weighted by molar-refractivity contribution is 4.54. The van der Waals surface area contributed by atoms with Gasteiger partial charge in [0.05, 0.1) is 0 Å². The lowest BCUT2D eigenvalue weighted by molar-refractivity contribution is 0.0708. The fraction of sp³-hybridized carbons (Fsp3) is 0.800. The molecule has 0 spiro atoms. The van der Waals surface area contributed by atoms with Gasteiger partial charge in [-0.25, -0.2) is 0 Å². The standard InChI is InChI=1S/C5H11O2/c1-2-3-4-5(6)7/h6-7H,2-4H2,1H3. The predicted octanol–water partition coefficient (Wildman–Crippen LogP) is 1.41. The van der Waals surface area contributed by atoms with Gasteiger partial charge < -0.3 is 10.2 Å². The SMILES string of the molecule is CCCC[C](O)O. The van der Waals surface area contributed by atoms with Crippen LogP contribution in [0.25, 0.3) is 0 Å². The van der Waals surface area contributed by atoms with Crippen molar-refractivity contribution in [2.45, 2.75) is 26.2 Å². The van der Waals surface area contributed by atoms with Crippen molar-refractivity contribution in [1.29, 1.82) is 0 Å². The average molecular weight is 103 g/mol. The van der Waals surface area contributed by atoms with Crippen LogP contribution in [0.3, 0.4) is 0 Å². The topological polar surface area (TPSA) is 40.5 Å². The maximum absolute atomic E-state index is 8.16. The summed E-state index contributed by atoms with van der Waals surface area (Å²) in [6.07, 6.45) is 1.85. The molecule has 0 aliphatic heterocycles. The fourth-order valence-electron chi connectivity index (χ4n) is 0.335. The van der Waals surface area contributed by atoms with Gasteiger partial charge in [0.1, 0.15) is 0 Å². The molecule has 2 nitrogen and oxygen atoms in total. The Kier molecular flexibility index (Phi) is 4.04. The lowest BCUT2D eigenvalue weighted by atomic mass is 10.2. The van der Waals surface area contributed by atoms with Crippen LogP contribution in [0.4, 0.5) is 0 Å². The van der Waals surface area contributed by atoms with E-state index >= 15 is 0 Å². The second-order valence-corrected chi connectivity index (χ2v) is 1.52. The van der Waals surface area contributed by atoms with Crippen molar-refractivity contribution in [3.05, 3.63) is 6.29 Å². The lowest BCUT2D eigenvalue weighted by Crippen LogP contribution is -1.90. The molecule has 0 aliphatic carbocycles. The van der Waals surface area contributed by atoms with Crippen molar-refractivity contribution in [2.24, 2.45) is 0 Å². The quantitative estimate of drug-likeness (QED) is 0.567. The Bertz CT molecular complexity index is 35.1. The molecule has 0 aliphatic rings. The molecule has 0 aromatic carbocycles. The molecule has 2 N–H and O–H groups in total. The van der Waals surface area contributed by atoms with Crippen LogP contribution in [0, 0.1) is 6.29 Å². The molecular formula is C5H11O2. The van der Waals surface area contributed by atoms with Crippen molar-refractivity contribution < 1.29 is 10.2 Å². The average Bonchev–Trinajstić information content (AvgIpc) is 1.61. The van der Waals surface area contributed by atoms with E-state index in [1.807, 2.05) is 6.92 Å². The summed E-state index contributed by atoms with van der Waals surface area (Å²) in [5.41, 5.74) is 0. The maximum Gasteiger partial charge on any atom is 0.218 e. The smallest absolute Gasteiger partial charge is 0.218 e. The number of aliphatic hydroxyl groups is 2. The van der Waals surface area contributed by atoms with Gasteiger partial charge in [-0.1, -0.05) is 13.3 Å². The molecule has 0 saturated heterocycles. The van der Waals surface area contributed by atoms with Crippen molar-refractivity contribution in [3.8, 4) is 0 Å². The van der Waals surface area contributed by atoms with Crippen molar-refractivity contribution in [3.63, 3.8) is 0 Å². The van der Waals surface area contributed by atoms with Gasteiger partial charge in [-0.15, -0.1) is 0 Å².